The van der Waals surface area contributed by atoms with Crippen LogP contribution in [-0.4, -0.2) is 55.2 Å². The number of fused-ring (bicyclic) bond motifs is 1. The molecule has 0 bridgehead atoms. The minimum absolute atomic E-state index is 0. The number of benzene rings is 2. The summed E-state index contributed by atoms with van der Waals surface area (Å²) in [6.45, 7) is 4.86. The number of ether oxygens (including phenoxy) is 1. The number of rotatable bonds is 8. The normalized spacial score (nSPS) is 14.4. The number of aryl methyl sites for hydroxylation is 1. The Kier molecular flexibility index (Phi) is 8.78. The quantitative estimate of drug-likeness (QED) is 0.492. The number of hydrogen-bond donors (Lipinski definition) is 0. The third kappa shape index (κ3) is 6.23. The van der Waals surface area contributed by atoms with Gasteiger partial charge < -0.3 is 4.74 Å². The van der Waals surface area contributed by atoms with Crippen molar-refractivity contribution in [2.24, 2.45) is 0 Å². The van der Waals surface area contributed by atoms with Crippen molar-refractivity contribution in [2.45, 2.75) is 19.3 Å². The predicted molar refractivity (Wildman–Crippen MR) is 126 cm³/mol. The second-order valence-electron chi connectivity index (χ2n) is 7.42. The molecule has 0 atom stereocenters. The lowest BCUT2D eigenvalue weighted by Crippen LogP contribution is -2.39. The molecule has 0 unspecified atom stereocenters. The number of morpholine rings is 1. The van der Waals surface area contributed by atoms with Crippen LogP contribution >= 0.6 is 23.7 Å². The van der Waals surface area contributed by atoms with E-state index in [1.54, 1.807) is 11.0 Å². The second-order valence-corrected chi connectivity index (χ2v) is 8.43. The molecule has 1 aliphatic rings. The number of para-hydroxylation sites is 1. The van der Waals surface area contributed by atoms with E-state index in [4.69, 9.17) is 4.74 Å². The van der Waals surface area contributed by atoms with Crippen molar-refractivity contribution in [2.75, 3.05) is 44.3 Å². The monoisotopic (exact) mass is 463 g/mol. The van der Waals surface area contributed by atoms with Gasteiger partial charge in [-0.1, -0.05) is 47.7 Å². The van der Waals surface area contributed by atoms with E-state index in [9.17, 15) is 9.18 Å². The van der Waals surface area contributed by atoms with Gasteiger partial charge in [-0.3, -0.25) is 14.6 Å². The first kappa shape index (κ1) is 23.6. The topological polar surface area (TPSA) is 45.7 Å². The molecule has 1 saturated heterocycles. The van der Waals surface area contributed by atoms with Gasteiger partial charge in [0.25, 0.3) is 0 Å². The maximum Gasteiger partial charge on any atom is 0.229 e. The van der Waals surface area contributed by atoms with Crippen LogP contribution in [0.15, 0.2) is 48.5 Å². The van der Waals surface area contributed by atoms with Crippen LogP contribution in [0.3, 0.4) is 0 Å². The van der Waals surface area contributed by atoms with Crippen molar-refractivity contribution in [3.8, 4) is 0 Å². The maximum absolute atomic E-state index is 14.2. The van der Waals surface area contributed by atoms with Crippen molar-refractivity contribution < 1.29 is 13.9 Å². The molecule has 0 saturated carbocycles. The van der Waals surface area contributed by atoms with E-state index < -0.39 is 0 Å². The van der Waals surface area contributed by atoms with Crippen LogP contribution in [-0.2, 0) is 16.0 Å². The van der Waals surface area contributed by atoms with Crippen LogP contribution < -0.4 is 4.90 Å². The zero-order valence-electron chi connectivity index (χ0n) is 17.3. The number of carbonyl (C=O) groups excluding carboxylic acids is 1. The van der Waals surface area contributed by atoms with Crippen molar-refractivity contribution in [1.82, 2.24) is 9.88 Å². The number of anilines is 1. The Morgan fingerprint density at radius 2 is 1.90 bits per heavy atom. The fraction of sp³-hybridized carbons (Fsp3) is 0.391. The Hall–Kier alpha value is -2.06. The first-order valence-corrected chi connectivity index (χ1v) is 11.2. The lowest BCUT2D eigenvalue weighted by atomic mass is 10.1. The number of amides is 1. The molecule has 0 radical (unpaired) electrons. The summed E-state index contributed by atoms with van der Waals surface area (Å²) in [7, 11) is 0. The highest BCUT2D eigenvalue weighted by atomic mass is 35.5. The summed E-state index contributed by atoms with van der Waals surface area (Å²) in [5.74, 6) is -0.319. The minimum Gasteiger partial charge on any atom is -0.379 e. The summed E-state index contributed by atoms with van der Waals surface area (Å²) in [5, 5.41) is 0.579. The highest BCUT2D eigenvalue weighted by molar-refractivity contribution is 7.22. The van der Waals surface area contributed by atoms with Gasteiger partial charge in [0, 0.05) is 32.6 Å². The Balaban J connectivity index is 0.00000272. The van der Waals surface area contributed by atoms with Gasteiger partial charge in [0.2, 0.25) is 5.91 Å². The molecule has 0 spiro atoms. The van der Waals surface area contributed by atoms with E-state index in [0.29, 0.717) is 30.0 Å². The number of carbonyl (C=O) groups is 1. The summed E-state index contributed by atoms with van der Waals surface area (Å²) in [6.07, 6.45) is 1.92. The molecule has 8 heteroatoms. The standard InChI is InChI=1S/C23H26FN3O2S.ClH/c24-19-8-4-9-20-22(19)25-23(30-20)27(13-5-12-26-14-16-29-17-15-26)21(28)11-10-18-6-2-1-3-7-18;/h1-4,6-9H,5,10-17H2;1H. The molecule has 1 amide bonds. The highest BCUT2D eigenvalue weighted by Crippen LogP contribution is 2.31. The van der Waals surface area contributed by atoms with E-state index in [0.717, 1.165) is 49.5 Å². The van der Waals surface area contributed by atoms with Gasteiger partial charge in [-0.25, -0.2) is 9.37 Å². The molecule has 2 heterocycles. The van der Waals surface area contributed by atoms with Crippen LogP contribution in [0.4, 0.5) is 9.52 Å². The molecule has 0 aliphatic carbocycles. The van der Waals surface area contributed by atoms with Gasteiger partial charge in [-0.15, -0.1) is 12.4 Å². The molecule has 5 nitrogen and oxygen atoms in total. The Labute approximate surface area is 192 Å². The fourth-order valence-electron chi connectivity index (χ4n) is 3.65. The van der Waals surface area contributed by atoms with E-state index >= 15 is 0 Å². The third-order valence-electron chi connectivity index (χ3n) is 5.32. The number of thiazole rings is 1. The SMILES string of the molecule is Cl.O=C(CCc1ccccc1)N(CCCN1CCOCC1)c1nc2c(F)cccc2s1. The molecule has 0 N–H and O–H groups in total. The molecule has 3 aromatic rings. The van der Waals surface area contributed by atoms with Gasteiger partial charge >= 0.3 is 0 Å². The van der Waals surface area contributed by atoms with Crippen molar-refractivity contribution >= 4 is 45.0 Å². The van der Waals surface area contributed by atoms with Crippen molar-refractivity contribution in [1.29, 1.82) is 0 Å². The zero-order valence-corrected chi connectivity index (χ0v) is 19.0. The summed E-state index contributed by atoms with van der Waals surface area (Å²) >= 11 is 1.38. The minimum atomic E-state index is -0.347. The van der Waals surface area contributed by atoms with E-state index in [-0.39, 0.29) is 24.1 Å². The number of aromatic nitrogens is 1. The van der Waals surface area contributed by atoms with Gasteiger partial charge in [-0.05, 0) is 30.5 Å². The number of halogens is 2. The Morgan fingerprint density at radius 3 is 2.65 bits per heavy atom. The molecule has 31 heavy (non-hydrogen) atoms. The fourth-order valence-corrected chi connectivity index (χ4v) is 4.68. The first-order valence-electron chi connectivity index (χ1n) is 10.4. The summed E-state index contributed by atoms with van der Waals surface area (Å²) in [5.41, 5.74) is 1.47. The van der Waals surface area contributed by atoms with Crippen molar-refractivity contribution in [3.63, 3.8) is 0 Å². The lowest BCUT2D eigenvalue weighted by Gasteiger charge is -2.27. The third-order valence-corrected chi connectivity index (χ3v) is 6.36. The largest absolute Gasteiger partial charge is 0.379 e. The molecule has 4 rings (SSSR count). The molecule has 1 aromatic heterocycles. The Bertz CT molecular complexity index is 979. The van der Waals surface area contributed by atoms with Crippen LogP contribution in [0.1, 0.15) is 18.4 Å². The summed E-state index contributed by atoms with van der Waals surface area (Å²) in [6, 6.07) is 14.9. The molecule has 1 aliphatic heterocycles. The Morgan fingerprint density at radius 1 is 1.13 bits per heavy atom. The zero-order chi connectivity index (χ0) is 20.8. The van der Waals surface area contributed by atoms with Crippen molar-refractivity contribution in [3.05, 3.63) is 59.9 Å². The average Bonchev–Trinajstić information content (AvgIpc) is 3.22. The van der Waals surface area contributed by atoms with Gasteiger partial charge in [0.1, 0.15) is 11.3 Å². The number of hydrogen-bond acceptors (Lipinski definition) is 5. The predicted octanol–water partition coefficient (Wildman–Crippen LogP) is 4.55. The lowest BCUT2D eigenvalue weighted by molar-refractivity contribution is -0.118. The van der Waals surface area contributed by atoms with Crippen LogP contribution in [0.5, 0.6) is 0 Å². The molecule has 1 fully saturated rings. The summed E-state index contributed by atoms with van der Waals surface area (Å²) in [4.78, 5) is 21.7. The molecular weight excluding hydrogens is 437 g/mol. The van der Waals surface area contributed by atoms with Gasteiger partial charge in [0.15, 0.2) is 5.13 Å². The molecule has 166 valence electrons. The van der Waals surface area contributed by atoms with Gasteiger partial charge in [0.05, 0.1) is 17.9 Å². The maximum atomic E-state index is 14.2. The van der Waals surface area contributed by atoms with Crippen LogP contribution in [0, 0.1) is 5.82 Å². The average molecular weight is 464 g/mol. The van der Waals surface area contributed by atoms with E-state index in [2.05, 4.69) is 9.88 Å². The van der Waals surface area contributed by atoms with E-state index in [1.807, 2.05) is 36.4 Å². The smallest absolute Gasteiger partial charge is 0.229 e. The first-order chi connectivity index (χ1) is 14.7. The summed E-state index contributed by atoms with van der Waals surface area (Å²) < 4.78 is 20.3. The van der Waals surface area contributed by atoms with E-state index in [1.165, 1.54) is 17.4 Å². The number of nitrogens with zero attached hydrogens (tertiary/aromatic N) is 3. The van der Waals surface area contributed by atoms with Crippen LogP contribution in [0.25, 0.3) is 10.2 Å². The molecule has 2 aromatic carbocycles. The second kappa shape index (κ2) is 11.5. The molecular formula is C23H27ClFN3O2S. The highest BCUT2D eigenvalue weighted by Gasteiger charge is 2.21. The van der Waals surface area contributed by atoms with Gasteiger partial charge in [-0.2, -0.15) is 0 Å². The van der Waals surface area contributed by atoms with Crippen LogP contribution in [0.2, 0.25) is 0 Å².